The lowest BCUT2D eigenvalue weighted by molar-refractivity contribution is -0.122. The minimum Gasteiger partial charge on any atom is -0.508 e. The summed E-state index contributed by atoms with van der Waals surface area (Å²) in [5, 5.41) is 9.27. The summed E-state index contributed by atoms with van der Waals surface area (Å²) >= 11 is 0.909. The fourth-order valence-corrected chi connectivity index (χ4v) is 3.17. The van der Waals surface area contributed by atoms with Gasteiger partial charge >= 0.3 is 0 Å². The number of furan rings is 1. The maximum absolute atomic E-state index is 12.1. The zero-order valence-electron chi connectivity index (χ0n) is 14.8. The molecule has 0 bridgehead atoms. The number of imide groups is 1. The molecule has 1 aliphatic rings. The van der Waals surface area contributed by atoms with Gasteiger partial charge in [-0.2, -0.15) is 0 Å². The Hall–Kier alpha value is -2.73. The molecule has 6 heteroatoms. The summed E-state index contributed by atoms with van der Waals surface area (Å²) in [5.74, 6) is 0.826. The quantitative estimate of drug-likeness (QED) is 0.304. The van der Waals surface area contributed by atoms with Crippen molar-refractivity contribution >= 4 is 34.6 Å². The van der Waals surface area contributed by atoms with Gasteiger partial charge in [0.25, 0.3) is 11.1 Å². The number of carbonyl (C=O) groups excluding carboxylic acids is 2. The Labute approximate surface area is 157 Å². The number of aliphatic hydroxyl groups excluding tert-OH is 1. The lowest BCUT2D eigenvalue weighted by Gasteiger charge is -2.06. The second-order valence-corrected chi connectivity index (χ2v) is 6.60. The van der Waals surface area contributed by atoms with Gasteiger partial charge in [0.2, 0.25) is 0 Å². The van der Waals surface area contributed by atoms with Crippen LogP contribution in [-0.4, -0.2) is 27.7 Å². The van der Waals surface area contributed by atoms with Crippen LogP contribution in [0.5, 0.6) is 0 Å². The molecule has 2 heterocycles. The summed E-state index contributed by atoms with van der Waals surface area (Å²) in [7, 11) is 0. The Kier molecular flexibility index (Phi) is 6.46. The highest BCUT2D eigenvalue weighted by Crippen LogP contribution is 2.32. The van der Waals surface area contributed by atoms with E-state index in [0.29, 0.717) is 35.0 Å². The van der Waals surface area contributed by atoms with Gasteiger partial charge in [-0.05, 0) is 55.3 Å². The molecule has 2 amide bonds. The van der Waals surface area contributed by atoms with E-state index in [1.165, 1.54) is 4.90 Å². The maximum Gasteiger partial charge on any atom is 0.293 e. The number of hydrogen-bond acceptors (Lipinski definition) is 5. The van der Waals surface area contributed by atoms with Crippen LogP contribution < -0.4 is 0 Å². The summed E-state index contributed by atoms with van der Waals surface area (Å²) in [6, 6.07) is 3.53. The number of likely N-dealkylation sites (N-methyl/N-ethyl adjacent to an activating group) is 1. The van der Waals surface area contributed by atoms with Crippen molar-refractivity contribution in [3.63, 3.8) is 0 Å². The molecule has 0 atom stereocenters. The zero-order valence-corrected chi connectivity index (χ0v) is 15.6. The van der Waals surface area contributed by atoms with E-state index >= 15 is 0 Å². The van der Waals surface area contributed by atoms with Crippen molar-refractivity contribution in [3.8, 4) is 0 Å². The lowest BCUT2D eigenvalue weighted by Crippen LogP contribution is -2.27. The van der Waals surface area contributed by atoms with Crippen LogP contribution in [-0.2, 0) is 4.79 Å². The molecule has 26 heavy (non-hydrogen) atoms. The number of nitrogens with zero attached hydrogens (tertiary/aromatic N) is 1. The molecule has 1 saturated heterocycles. The standard InChI is InChI=1S/C20H21NO4S/c1-5-7-15(14(4)22)9-8-13(3)17-11-10-16(25-17)12-18-19(23)21(6-2)20(24)26-18/h5,8-12,22H,1,4,6-7H2,2-3H3/b13-8+,15-9+,18-12+. The van der Waals surface area contributed by atoms with E-state index in [1.807, 2.05) is 13.0 Å². The fourth-order valence-electron chi connectivity index (χ4n) is 2.29. The van der Waals surface area contributed by atoms with Gasteiger partial charge in [0.1, 0.15) is 17.3 Å². The number of hydrogen-bond donors (Lipinski definition) is 1. The molecular formula is C20H21NO4S. The molecule has 0 aliphatic carbocycles. The minimum atomic E-state index is -0.300. The Morgan fingerprint density at radius 1 is 1.35 bits per heavy atom. The zero-order chi connectivity index (χ0) is 19.3. The van der Waals surface area contributed by atoms with Crippen LogP contribution in [0, 0.1) is 0 Å². The number of allylic oxidation sites excluding steroid dienone is 5. The first-order valence-electron chi connectivity index (χ1n) is 8.09. The van der Waals surface area contributed by atoms with Gasteiger partial charge in [0.05, 0.1) is 4.91 Å². The fraction of sp³-hybridized carbons (Fsp3) is 0.200. The number of carbonyl (C=O) groups is 2. The highest BCUT2D eigenvalue weighted by molar-refractivity contribution is 8.18. The number of thioether (sulfide) groups is 1. The van der Waals surface area contributed by atoms with Gasteiger partial charge in [0.15, 0.2) is 0 Å². The molecule has 1 aromatic rings. The van der Waals surface area contributed by atoms with Crippen LogP contribution >= 0.6 is 11.8 Å². The topological polar surface area (TPSA) is 70.8 Å². The molecule has 136 valence electrons. The number of amides is 2. The average molecular weight is 371 g/mol. The predicted molar refractivity (Wildman–Crippen MR) is 105 cm³/mol. The van der Waals surface area contributed by atoms with E-state index in [-0.39, 0.29) is 16.9 Å². The summed E-state index contributed by atoms with van der Waals surface area (Å²) in [4.78, 5) is 25.4. The molecule has 2 rings (SSSR count). The minimum absolute atomic E-state index is 0.000679. The summed E-state index contributed by atoms with van der Waals surface area (Å²) in [5.41, 5.74) is 1.51. The van der Waals surface area contributed by atoms with Crippen molar-refractivity contribution in [2.24, 2.45) is 0 Å². The highest BCUT2D eigenvalue weighted by atomic mass is 32.2. The maximum atomic E-state index is 12.1. The van der Waals surface area contributed by atoms with Crippen LogP contribution in [0.15, 0.2) is 64.2 Å². The van der Waals surface area contributed by atoms with E-state index in [2.05, 4.69) is 13.2 Å². The van der Waals surface area contributed by atoms with Gasteiger partial charge < -0.3 is 9.52 Å². The van der Waals surface area contributed by atoms with Crippen molar-refractivity contribution in [2.75, 3.05) is 6.54 Å². The summed E-state index contributed by atoms with van der Waals surface area (Å²) in [6.07, 6.45) is 7.34. The Balaban J connectivity index is 2.20. The molecule has 0 aromatic carbocycles. The van der Waals surface area contributed by atoms with Crippen LogP contribution in [0.1, 0.15) is 31.8 Å². The SMILES string of the molecule is C=CC/C(=C\C=C(/C)c1ccc(/C=C2/SC(=O)N(CC)C2=O)o1)C(=C)O. The monoisotopic (exact) mass is 371 g/mol. The molecule has 1 fully saturated rings. The summed E-state index contributed by atoms with van der Waals surface area (Å²) in [6.45, 7) is 11.2. The molecule has 0 spiro atoms. The largest absolute Gasteiger partial charge is 0.508 e. The van der Waals surface area contributed by atoms with Gasteiger partial charge in [-0.3, -0.25) is 14.5 Å². The summed E-state index contributed by atoms with van der Waals surface area (Å²) < 4.78 is 5.74. The Morgan fingerprint density at radius 3 is 2.65 bits per heavy atom. The molecule has 1 aromatic heterocycles. The second kappa shape index (κ2) is 8.58. The molecule has 1 N–H and O–H groups in total. The van der Waals surface area contributed by atoms with Crippen molar-refractivity contribution in [1.29, 1.82) is 0 Å². The van der Waals surface area contributed by atoms with Gasteiger partial charge in [-0.15, -0.1) is 6.58 Å². The molecular weight excluding hydrogens is 350 g/mol. The van der Waals surface area contributed by atoms with Crippen LogP contribution in [0.2, 0.25) is 0 Å². The third-order valence-corrected chi connectivity index (χ3v) is 4.66. The molecule has 0 unspecified atom stereocenters. The van der Waals surface area contributed by atoms with E-state index in [9.17, 15) is 14.7 Å². The van der Waals surface area contributed by atoms with E-state index in [0.717, 1.165) is 17.3 Å². The normalized spacial score (nSPS) is 17.3. The first kappa shape index (κ1) is 19.6. The van der Waals surface area contributed by atoms with E-state index in [4.69, 9.17) is 4.42 Å². The Morgan fingerprint density at radius 2 is 2.08 bits per heavy atom. The Bertz CT molecular complexity index is 842. The van der Waals surface area contributed by atoms with Crippen LogP contribution in [0.25, 0.3) is 11.6 Å². The molecule has 5 nitrogen and oxygen atoms in total. The molecule has 1 aliphatic heterocycles. The lowest BCUT2D eigenvalue weighted by atomic mass is 10.1. The van der Waals surface area contributed by atoms with Crippen molar-refractivity contribution in [2.45, 2.75) is 20.3 Å². The predicted octanol–water partition coefficient (Wildman–Crippen LogP) is 5.31. The smallest absolute Gasteiger partial charge is 0.293 e. The van der Waals surface area contributed by atoms with E-state index in [1.54, 1.807) is 37.3 Å². The number of rotatable bonds is 7. The first-order valence-corrected chi connectivity index (χ1v) is 8.91. The van der Waals surface area contributed by atoms with Gasteiger partial charge in [-0.25, -0.2) is 0 Å². The van der Waals surface area contributed by atoms with E-state index < -0.39 is 0 Å². The number of aliphatic hydroxyl groups is 1. The van der Waals surface area contributed by atoms with Crippen LogP contribution in [0.3, 0.4) is 0 Å². The van der Waals surface area contributed by atoms with Crippen molar-refractivity contribution in [3.05, 3.63) is 71.3 Å². The highest BCUT2D eigenvalue weighted by Gasteiger charge is 2.33. The average Bonchev–Trinajstić information content (AvgIpc) is 3.16. The molecule has 0 radical (unpaired) electrons. The van der Waals surface area contributed by atoms with Crippen molar-refractivity contribution < 1.29 is 19.1 Å². The first-order chi connectivity index (χ1) is 12.4. The van der Waals surface area contributed by atoms with Gasteiger partial charge in [-0.1, -0.05) is 24.8 Å². The van der Waals surface area contributed by atoms with Crippen molar-refractivity contribution in [1.82, 2.24) is 4.90 Å². The van der Waals surface area contributed by atoms with Crippen LogP contribution in [0.4, 0.5) is 4.79 Å². The van der Waals surface area contributed by atoms with Gasteiger partial charge in [0, 0.05) is 12.6 Å². The third-order valence-electron chi connectivity index (χ3n) is 3.75. The molecule has 0 saturated carbocycles. The third kappa shape index (κ3) is 4.46. The second-order valence-electron chi connectivity index (χ2n) is 5.61.